The van der Waals surface area contributed by atoms with Crippen LogP contribution >= 0.6 is 0 Å². The quantitative estimate of drug-likeness (QED) is 0.729. The summed E-state index contributed by atoms with van der Waals surface area (Å²) in [5.74, 6) is -0.269. The number of aliphatic imine (C=N–C) groups is 1. The van der Waals surface area contributed by atoms with Gasteiger partial charge in [0.25, 0.3) is 0 Å². The van der Waals surface area contributed by atoms with Crippen LogP contribution in [0.2, 0.25) is 0 Å². The number of rotatable bonds is 4. The molecule has 0 aromatic heterocycles. The van der Waals surface area contributed by atoms with Gasteiger partial charge in [-0.05, 0) is 93.4 Å². The van der Waals surface area contributed by atoms with Crippen LogP contribution in [0.3, 0.4) is 0 Å². The zero-order valence-electron chi connectivity index (χ0n) is 14.2. The molecule has 4 heteroatoms. The van der Waals surface area contributed by atoms with Crippen LogP contribution in [0.15, 0.2) is 17.1 Å². The first-order valence-corrected chi connectivity index (χ1v) is 9.19. The average molecular weight is 335 g/mol. The van der Waals surface area contributed by atoms with E-state index in [1.54, 1.807) is 6.07 Å². The van der Waals surface area contributed by atoms with Crippen LogP contribution in [0.1, 0.15) is 62.8 Å². The average Bonchev–Trinajstić information content (AvgIpc) is 2.61. The van der Waals surface area contributed by atoms with Gasteiger partial charge in [0.15, 0.2) is 11.6 Å². The second-order valence-electron chi connectivity index (χ2n) is 7.60. The van der Waals surface area contributed by atoms with E-state index in [0.717, 1.165) is 44.1 Å². The number of hydrogen-bond donors (Lipinski definition) is 1. The number of phenolic OH excluding ortho intramolecular Hbond substituents is 1. The van der Waals surface area contributed by atoms with Crippen molar-refractivity contribution in [3.63, 3.8) is 0 Å². The lowest BCUT2D eigenvalue weighted by molar-refractivity contribution is 0.161. The van der Waals surface area contributed by atoms with Gasteiger partial charge in [0.05, 0.1) is 0 Å². The summed E-state index contributed by atoms with van der Waals surface area (Å²) >= 11 is 0. The van der Waals surface area contributed by atoms with E-state index >= 15 is 0 Å². The summed E-state index contributed by atoms with van der Waals surface area (Å²) in [5.41, 5.74) is 0.435. The van der Waals surface area contributed by atoms with Gasteiger partial charge in [0.1, 0.15) is 0 Å². The highest BCUT2D eigenvalue weighted by Gasteiger charge is 2.32. The monoisotopic (exact) mass is 335 g/mol. The predicted octanol–water partition coefficient (Wildman–Crippen LogP) is 5.45. The van der Waals surface area contributed by atoms with E-state index in [4.69, 9.17) is 0 Å². The van der Waals surface area contributed by atoms with E-state index < -0.39 is 17.4 Å². The van der Waals surface area contributed by atoms with Crippen LogP contribution in [0.25, 0.3) is 0 Å². The Kier molecular flexibility index (Phi) is 5.52. The van der Waals surface area contributed by atoms with E-state index in [1.165, 1.54) is 31.7 Å². The summed E-state index contributed by atoms with van der Waals surface area (Å²) in [5, 5.41) is 9.27. The van der Waals surface area contributed by atoms with E-state index in [2.05, 4.69) is 11.7 Å². The van der Waals surface area contributed by atoms with Crippen molar-refractivity contribution in [3.8, 4) is 5.75 Å². The van der Waals surface area contributed by atoms with Crippen LogP contribution in [-0.4, -0.2) is 18.4 Å². The second kappa shape index (κ2) is 7.62. The lowest BCUT2D eigenvalue weighted by atomic mass is 9.68. The molecule has 2 aliphatic carbocycles. The van der Waals surface area contributed by atoms with Crippen LogP contribution in [0.4, 0.5) is 8.78 Å². The van der Waals surface area contributed by atoms with Crippen molar-refractivity contribution in [1.29, 1.82) is 0 Å². The molecular formula is C20H27F2NO. The van der Waals surface area contributed by atoms with Crippen molar-refractivity contribution >= 4 is 6.72 Å². The maximum Gasteiger partial charge on any atom is 0.200 e. The minimum Gasteiger partial charge on any atom is -0.505 e. The molecular weight excluding hydrogens is 308 g/mol. The maximum atomic E-state index is 14.1. The van der Waals surface area contributed by atoms with E-state index in [1.807, 2.05) is 0 Å². The zero-order chi connectivity index (χ0) is 17.1. The van der Waals surface area contributed by atoms with Crippen molar-refractivity contribution in [2.45, 2.75) is 57.3 Å². The summed E-state index contributed by atoms with van der Waals surface area (Å²) in [6.45, 7) is 4.49. The molecule has 0 heterocycles. The van der Waals surface area contributed by atoms with Gasteiger partial charge < -0.3 is 10.1 Å². The topological polar surface area (TPSA) is 32.6 Å². The van der Waals surface area contributed by atoms with Crippen molar-refractivity contribution in [2.75, 3.05) is 6.54 Å². The van der Waals surface area contributed by atoms with Gasteiger partial charge in [-0.25, -0.2) is 4.39 Å². The summed E-state index contributed by atoms with van der Waals surface area (Å²) in [7, 11) is 0. The molecule has 0 spiro atoms. The minimum atomic E-state index is -1.11. The highest BCUT2D eigenvalue weighted by Crippen LogP contribution is 2.44. The number of nitrogens with zero attached hydrogens (tertiary/aromatic N) is 1. The molecule has 3 rings (SSSR count). The zero-order valence-corrected chi connectivity index (χ0v) is 14.2. The Hall–Kier alpha value is -1.45. The number of hydrogen-bond acceptors (Lipinski definition) is 2. The molecule has 0 aliphatic heterocycles. The highest BCUT2D eigenvalue weighted by molar-refractivity contribution is 5.32. The molecule has 1 aromatic rings. The summed E-state index contributed by atoms with van der Waals surface area (Å²) in [6.07, 6.45) is 9.08. The van der Waals surface area contributed by atoms with Gasteiger partial charge in [-0.2, -0.15) is 4.39 Å². The molecule has 132 valence electrons. The smallest absolute Gasteiger partial charge is 0.200 e. The van der Waals surface area contributed by atoms with Crippen LogP contribution < -0.4 is 0 Å². The van der Waals surface area contributed by atoms with Crippen LogP contribution in [0, 0.1) is 29.4 Å². The van der Waals surface area contributed by atoms with Crippen molar-refractivity contribution < 1.29 is 13.9 Å². The molecule has 0 amide bonds. The fourth-order valence-corrected chi connectivity index (χ4v) is 4.80. The number of phenols is 1. The fourth-order valence-electron chi connectivity index (χ4n) is 4.80. The third kappa shape index (κ3) is 3.62. The predicted molar refractivity (Wildman–Crippen MR) is 92.6 cm³/mol. The normalized spacial score (nSPS) is 30.9. The van der Waals surface area contributed by atoms with Gasteiger partial charge in [-0.1, -0.05) is 6.07 Å². The van der Waals surface area contributed by atoms with E-state index in [-0.39, 0.29) is 5.92 Å². The molecule has 2 nitrogen and oxygen atoms in total. The van der Waals surface area contributed by atoms with Crippen molar-refractivity contribution in [2.24, 2.45) is 22.7 Å². The third-order valence-corrected chi connectivity index (χ3v) is 6.25. The van der Waals surface area contributed by atoms with Gasteiger partial charge in [0, 0.05) is 6.54 Å². The second-order valence-corrected chi connectivity index (χ2v) is 7.60. The molecule has 0 unspecified atom stereocenters. The van der Waals surface area contributed by atoms with Crippen LogP contribution in [-0.2, 0) is 0 Å². The van der Waals surface area contributed by atoms with E-state index in [9.17, 15) is 13.9 Å². The Morgan fingerprint density at radius 1 is 0.917 bits per heavy atom. The molecule has 2 fully saturated rings. The van der Waals surface area contributed by atoms with Crippen molar-refractivity contribution in [1.82, 2.24) is 0 Å². The molecule has 0 radical (unpaired) electrons. The standard InChI is InChI=1S/C20H27F2NO/c1-23-12-13-2-4-14(5-3-13)15-6-8-16(9-7-15)17-10-11-18(24)20(22)19(17)21/h10-11,13-16,24H,1-9,12H2. The molecule has 2 aliphatic rings. The van der Waals surface area contributed by atoms with Crippen LogP contribution in [0.5, 0.6) is 5.75 Å². The highest BCUT2D eigenvalue weighted by atomic mass is 19.2. The maximum absolute atomic E-state index is 14.1. The fraction of sp³-hybridized carbons (Fsp3) is 0.650. The van der Waals surface area contributed by atoms with E-state index in [0.29, 0.717) is 11.5 Å². The Balaban J connectivity index is 1.55. The first-order chi connectivity index (χ1) is 11.6. The lowest BCUT2D eigenvalue weighted by Gasteiger charge is -2.37. The molecule has 0 atom stereocenters. The van der Waals surface area contributed by atoms with Gasteiger partial charge in [0.2, 0.25) is 5.82 Å². The van der Waals surface area contributed by atoms with Gasteiger partial charge in [-0.3, -0.25) is 0 Å². The third-order valence-electron chi connectivity index (χ3n) is 6.25. The molecule has 1 N–H and O–H groups in total. The Labute approximate surface area is 143 Å². The van der Waals surface area contributed by atoms with Gasteiger partial charge in [-0.15, -0.1) is 0 Å². The molecule has 24 heavy (non-hydrogen) atoms. The molecule has 0 saturated heterocycles. The van der Waals surface area contributed by atoms with Crippen molar-refractivity contribution in [3.05, 3.63) is 29.3 Å². The lowest BCUT2D eigenvalue weighted by Crippen LogP contribution is -2.26. The molecule has 2 saturated carbocycles. The SMILES string of the molecule is C=NCC1CCC(C2CCC(c3ccc(O)c(F)c3F)CC2)CC1. The summed E-state index contributed by atoms with van der Waals surface area (Å²) in [4.78, 5) is 4.03. The summed E-state index contributed by atoms with van der Waals surface area (Å²) in [6, 6.07) is 2.82. The Morgan fingerprint density at radius 3 is 2.08 bits per heavy atom. The molecule has 0 bridgehead atoms. The Morgan fingerprint density at radius 2 is 1.50 bits per heavy atom. The minimum absolute atomic E-state index is 0.0812. The number of aromatic hydroxyl groups is 1. The summed E-state index contributed by atoms with van der Waals surface area (Å²) < 4.78 is 27.6. The first-order valence-electron chi connectivity index (χ1n) is 9.19. The van der Waals surface area contributed by atoms with Gasteiger partial charge >= 0.3 is 0 Å². The first kappa shape index (κ1) is 17.4. The number of halogens is 2. The number of benzene rings is 1. The Bertz CT molecular complexity index is 573. The molecule has 1 aromatic carbocycles. The largest absolute Gasteiger partial charge is 0.505 e.